The van der Waals surface area contributed by atoms with Gasteiger partial charge in [-0.05, 0) is 19.1 Å². The largest absolute Gasteiger partial charge is 0.493 e. The summed E-state index contributed by atoms with van der Waals surface area (Å²) < 4.78 is 10.9. The van der Waals surface area contributed by atoms with E-state index in [1.807, 2.05) is 44.2 Å². The molecule has 1 aromatic heterocycles. The maximum absolute atomic E-state index is 10.5. The van der Waals surface area contributed by atoms with Crippen LogP contribution in [0, 0.1) is 0 Å². The third-order valence-corrected chi connectivity index (χ3v) is 2.91. The Hall–Kier alpha value is -1.74. The SMILES string of the molecule is CCOc1ccccc1C(O)c1ccoc1CC. The van der Waals surface area contributed by atoms with Gasteiger partial charge in [0.15, 0.2) is 0 Å². The molecule has 1 unspecified atom stereocenters. The summed E-state index contributed by atoms with van der Waals surface area (Å²) in [4.78, 5) is 0. The van der Waals surface area contributed by atoms with Gasteiger partial charge in [-0.1, -0.05) is 25.1 Å². The molecule has 0 amide bonds. The van der Waals surface area contributed by atoms with Crippen LogP contribution >= 0.6 is 0 Å². The molecule has 0 spiro atoms. The lowest BCUT2D eigenvalue weighted by molar-refractivity contribution is 0.209. The highest BCUT2D eigenvalue weighted by Crippen LogP contribution is 2.32. The predicted octanol–water partition coefficient (Wildman–Crippen LogP) is 3.32. The fourth-order valence-electron chi connectivity index (χ4n) is 2.04. The monoisotopic (exact) mass is 246 g/mol. The van der Waals surface area contributed by atoms with Crippen molar-refractivity contribution < 1.29 is 14.3 Å². The van der Waals surface area contributed by atoms with Crippen LogP contribution in [0.3, 0.4) is 0 Å². The van der Waals surface area contributed by atoms with Gasteiger partial charge in [-0.3, -0.25) is 0 Å². The quantitative estimate of drug-likeness (QED) is 0.880. The van der Waals surface area contributed by atoms with Crippen molar-refractivity contribution in [2.45, 2.75) is 26.4 Å². The van der Waals surface area contributed by atoms with E-state index >= 15 is 0 Å². The van der Waals surface area contributed by atoms with Crippen LogP contribution < -0.4 is 4.74 Å². The van der Waals surface area contributed by atoms with Crippen LogP contribution in [0.15, 0.2) is 41.0 Å². The van der Waals surface area contributed by atoms with Crippen molar-refractivity contribution in [3.63, 3.8) is 0 Å². The molecule has 0 aliphatic carbocycles. The molecule has 0 fully saturated rings. The van der Waals surface area contributed by atoms with Gasteiger partial charge in [0, 0.05) is 17.5 Å². The topological polar surface area (TPSA) is 42.6 Å². The average molecular weight is 246 g/mol. The van der Waals surface area contributed by atoms with E-state index in [2.05, 4.69) is 0 Å². The molecular weight excluding hydrogens is 228 g/mol. The number of hydrogen-bond acceptors (Lipinski definition) is 3. The van der Waals surface area contributed by atoms with Crippen LogP contribution in [0.5, 0.6) is 5.75 Å². The molecule has 3 nitrogen and oxygen atoms in total. The van der Waals surface area contributed by atoms with Crippen molar-refractivity contribution in [2.75, 3.05) is 6.61 Å². The highest BCUT2D eigenvalue weighted by atomic mass is 16.5. The lowest BCUT2D eigenvalue weighted by Crippen LogP contribution is -2.04. The van der Waals surface area contributed by atoms with Gasteiger partial charge in [0.1, 0.15) is 17.6 Å². The number of para-hydroxylation sites is 1. The predicted molar refractivity (Wildman–Crippen MR) is 69.8 cm³/mol. The minimum atomic E-state index is -0.707. The molecule has 0 aliphatic rings. The minimum absolute atomic E-state index is 0.579. The first-order valence-corrected chi connectivity index (χ1v) is 6.24. The lowest BCUT2D eigenvalue weighted by atomic mass is 10.0. The summed E-state index contributed by atoms with van der Waals surface area (Å²) in [6, 6.07) is 9.35. The van der Waals surface area contributed by atoms with E-state index < -0.39 is 6.10 Å². The number of hydrogen-bond donors (Lipinski definition) is 1. The van der Waals surface area contributed by atoms with Crippen molar-refractivity contribution in [1.29, 1.82) is 0 Å². The van der Waals surface area contributed by atoms with E-state index in [1.165, 1.54) is 0 Å². The van der Waals surface area contributed by atoms with E-state index in [9.17, 15) is 5.11 Å². The highest BCUT2D eigenvalue weighted by Gasteiger charge is 2.19. The number of aliphatic hydroxyl groups is 1. The summed E-state index contributed by atoms with van der Waals surface area (Å²) in [6.45, 7) is 4.51. The Labute approximate surface area is 107 Å². The molecule has 2 rings (SSSR count). The second kappa shape index (κ2) is 5.74. The molecule has 0 saturated heterocycles. The summed E-state index contributed by atoms with van der Waals surface area (Å²) in [5, 5.41) is 10.5. The second-order valence-corrected chi connectivity index (χ2v) is 4.03. The number of ether oxygens (including phenoxy) is 1. The second-order valence-electron chi connectivity index (χ2n) is 4.03. The molecule has 18 heavy (non-hydrogen) atoms. The maximum Gasteiger partial charge on any atom is 0.125 e. The number of aliphatic hydroxyl groups excluding tert-OH is 1. The Balaban J connectivity index is 2.36. The highest BCUT2D eigenvalue weighted by molar-refractivity contribution is 5.41. The van der Waals surface area contributed by atoms with Gasteiger partial charge in [-0.25, -0.2) is 0 Å². The molecule has 1 aromatic carbocycles. The molecule has 2 aromatic rings. The number of rotatable bonds is 5. The van der Waals surface area contributed by atoms with E-state index in [1.54, 1.807) is 6.26 Å². The summed E-state index contributed by atoms with van der Waals surface area (Å²) in [7, 11) is 0. The molecule has 1 atom stereocenters. The van der Waals surface area contributed by atoms with Crippen molar-refractivity contribution in [2.24, 2.45) is 0 Å². The Morgan fingerprint density at radius 1 is 1.17 bits per heavy atom. The van der Waals surface area contributed by atoms with Crippen LogP contribution in [0.1, 0.15) is 36.8 Å². The molecule has 1 N–H and O–H groups in total. The third kappa shape index (κ3) is 2.41. The maximum atomic E-state index is 10.5. The number of furan rings is 1. The zero-order valence-electron chi connectivity index (χ0n) is 10.7. The van der Waals surface area contributed by atoms with Gasteiger partial charge in [-0.2, -0.15) is 0 Å². The first kappa shape index (κ1) is 12.7. The van der Waals surface area contributed by atoms with Crippen LogP contribution in [-0.4, -0.2) is 11.7 Å². The van der Waals surface area contributed by atoms with Crippen molar-refractivity contribution in [3.05, 3.63) is 53.5 Å². The smallest absolute Gasteiger partial charge is 0.125 e. The van der Waals surface area contributed by atoms with Crippen LogP contribution in [-0.2, 0) is 6.42 Å². The van der Waals surface area contributed by atoms with Crippen molar-refractivity contribution in [3.8, 4) is 5.75 Å². The first-order chi connectivity index (χ1) is 8.77. The first-order valence-electron chi connectivity index (χ1n) is 6.24. The summed E-state index contributed by atoms with van der Waals surface area (Å²) in [6.07, 6.45) is 1.66. The fraction of sp³-hybridized carbons (Fsp3) is 0.333. The van der Waals surface area contributed by atoms with Gasteiger partial charge in [0.25, 0.3) is 0 Å². The van der Waals surface area contributed by atoms with Gasteiger partial charge in [0.05, 0.1) is 12.9 Å². The molecule has 0 bridgehead atoms. The standard InChI is InChI=1S/C15H18O3/c1-3-13-12(9-10-18-13)15(16)11-7-5-6-8-14(11)17-4-2/h5-10,15-16H,3-4H2,1-2H3. The fourth-order valence-corrected chi connectivity index (χ4v) is 2.04. The van der Waals surface area contributed by atoms with Crippen molar-refractivity contribution in [1.82, 2.24) is 0 Å². The third-order valence-electron chi connectivity index (χ3n) is 2.91. The van der Waals surface area contributed by atoms with Crippen molar-refractivity contribution >= 4 is 0 Å². The Morgan fingerprint density at radius 3 is 2.67 bits per heavy atom. The van der Waals surface area contributed by atoms with Gasteiger partial charge >= 0.3 is 0 Å². The normalized spacial score (nSPS) is 12.4. The molecule has 0 saturated carbocycles. The molecule has 0 aliphatic heterocycles. The minimum Gasteiger partial charge on any atom is -0.493 e. The summed E-state index contributed by atoms with van der Waals surface area (Å²) in [5.74, 6) is 1.53. The lowest BCUT2D eigenvalue weighted by Gasteiger charge is -2.15. The van der Waals surface area contributed by atoms with Gasteiger partial charge in [0.2, 0.25) is 0 Å². The van der Waals surface area contributed by atoms with E-state index in [0.717, 1.165) is 29.1 Å². The van der Waals surface area contributed by atoms with Crippen LogP contribution in [0.25, 0.3) is 0 Å². The zero-order chi connectivity index (χ0) is 13.0. The zero-order valence-corrected chi connectivity index (χ0v) is 10.7. The average Bonchev–Trinajstić information content (AvgIpc) is 2.87. The number of aryl methyl sites for hydroxylation is 1. The van der Waals surface area contributed by atoms with E-state index in [0.29, 0.717) is 6.61 Å². The van der Waals surface area contributed by atoms with E-state index in [4.69, 9.17) is 9.15 Å². The van der Waals surface area contributed by atoms with Gasteiger partial charge < -0.3 is 14.3 Å². The molecule has 0 radical (unpaired) electrons. The molecule has 3 heteroatoms. The molecule has 1 heterocycles. The molecule has 96 valence electrons. The Kier molecular flexibility index (Phi) is 4.05. The Bertz CT molecular complexity index is 502. The summed E-state index contributed by atoms with van der Waals surface area (Å²) in [5.41, 5.74) is 1.58. The molecular formula is C15H18O3. The van der Waals surface area contributed by atoms with Crippen LogP contribution in [0.4, 0.5) is 0 Å². The van der Waals surface area contributed by atoms with E-state index in [-0.39, 0.29) is 0 Å². The van der Waals surface area contributed by atoms with Crippen LogP contribution in [0.2, 0.25) is 0 Å². The van der Waals surface area contributed by atoms with Gasteiger partial charge in [-0.15, -0.1) is 0 Å². The number of benzene rings is 1. The Morgan fingerprint density at radius 2 is 1.94 bits per heavy atom. The summed E-state index contributed by atoms with van der Waals surface area (Å²) >= 11 is 0.